The van der Waals surface area contributed by atoms with Crippen LogP contribution in [0.5, 0.6) is 0 Å². The van der Waals surface area contributed by atoms with E-state index >= 15 is 4.39 Å². The number of nitrogens with zero attached hydrogens (tertiary/aromatic N) is 3. The Morgan fingerprint density at radius 3 is 2.40 bits per heavy atom. The summed E-state index contributed by atoms with van der Waals surface area (Å²) in [6, 6.07) is 13.8. The number of rotatable bonds is 8. The number of carbonyl (C=O) groups excluding carboxylic acids is 1. The van der Waals surface area contributed by atoms with Crippen molar-refractivity contribution in [2.75, 3.05) is 11.4 Å². The van der Waals surface area contributed by atoms with Crippen molar-refractivity contribution in [2.45, 2.75) is 45.6 Å². The highest BCUT2D eigenvalue weighted by molar-refractivity contribution is 6.01. The average molecular weight is 477 g/mol. The number of carboxylic acid groups (broad SMARTS) is 1. The Bertz CT molecular complexity index is 1260. The summed E-state index contributed by atoms with van der Waals surface area (Å²) in [5.41, 5.74) is 1.52. The first-order chi connectivity index (χ1) is 16.6. The third-order valence-corrected chi connectivity index (χ3v) is 6.13. The quantitative estimate of drug-likeness (QED) is 0.457. The zero-order valence-electron chi connectivity index (χ0n) is 20.1. The van der Waals surface area contributed by atoms with Crippen molar-refractivity contribution in [3.8, 4) is 0 Å². The lowest BCUT2D eigenvalue weighted by molar-refractivity contribution is 0.0696. The molecule has 3 aromatic rings. The third kappa shape index (κ3) is 4.96. The molecular weight excluding hydrogens is 447 g/mol. The van der Waals surface area contributed by atoms with Crippen LogP contribution < -0.4 is 10.2 Å². The molecule has 35 heavy (non-hydrogen) atoms. The van der Waals surface area contributed by atoms with Crippen molar-refractivity contribution in [1.29, 1.82) is 0 Å². The van der Waals surface area contributed by atoms with Gasteiger partial charge in [-0.05, 0) is 44.0 Å². The summed E-state index contributed by atoms with van der Waals surface area (Å²) >= 11 is 0. The number of fused-ring (bicyclic) bond motifs is 1. The second-order valence-corrected chi connectivity index (χ2v) is 9.26. The molecule has 1 amide bonds. The highest BCUT2D eigenvalue weighted by Crippen LogP contribution is 2.37. The van der Waals surface area contributed by atoms with Crippen molar-refractivity contribution >= 4 is 17.7 Å². The molecule has 0 saturated carbocycles. The van der Waals surface area contributed by atoms with Gasteiger partial charge in [-0.15, -0.1) is 6.58 Å². The summed E-state index contributed by atoms with van der Waals surface area (Å²) in [4.78, 5) is 26.8. The molecule has 1 aliphatic rings. The van der Waals surface area contributed by atoms with Crippen molar-refractivity contribution in [3.63, 3.8) is 0 Å². The van der Waals surface area contributed by atoms with E-state index in [1.807, 2.05) is 36.1 Å². The van der Waals surface area contributed by atoms with E-state index in [0.29, 0.717) is 31.0 Å². The van der Waals surface area contributed by atoms with Crippen LogP contribution in [0.25, 0.3) is 0 Å². The van der Waals surface area contributed by atoms with Gasteiger partial charge < -0.3 is 15.3 Å². The molecule has 0 bridgehead atoms. The topological polar surface area (TPSA) is 87.5 Å². The minimum absolute atomic E-state index is 0.0858. The highest BCUT2D eigenvalue weighted by Gasteiger charge is 2.38. The van der Waals surface area contributed by atoms with Gasteiger partial charge in [0.2, 0.25) is 0 Å². The molecule has 0 aliphatic carbocycles. The van der Waals surface area contributed by atoms with E-state index in [1.165, 1.54) is 26.0 Å². The van der Waals surface area contributed by atoms with Gasteiger partial charge in [0, 0.05) is 13.1 Å². The second kappa shape index (κ2) is 9.37. The summed E-state index contributed by atoms with van der Waals surface area (Å²) in [6.07, 6.45) is 1.56. The lowest BCUT2D eigenvalue weighted by Gasteiger charge is -2.22. The summed E-state index contributed by atoms with van der Waals surface area (Å²) in [7, 11) is 0. The smallest absolute Gasteiger partial charge is 0.335 e. The lowest BCUT2D eigenvalue weighted by Crippen LogP contribution is -2.31. The van der Waals surface area contributed by atoms with E-state index in [9.17, 15) is 9.59 Å². The van der Waals surface area contributed by atoms with Crippen LogP contribution in [0.2, 0.25) is 0 Å². The first-order valence-corrected chi connectivity index (χ1v) is 11.5. The monoisotopic (exact) mass is 476 g/mol. The molecule has 7 nitrogen and oxygen atoms in total. The van der Waals surface area contributed by atoms with Gasteiger partial charge in [-0.2, -0.15) is 5.10 Å². The van der Waals surface area contributed by atoms with Crippen LogP contribution in [-0.2, 0) is 18.8 Å². The van der Waals surface area contributed by atoms with Gasteiger partial charge in [0.1, 0.15) is 22.7 Å². The number of hydrogen-bond donors (Lipinski definition) is 2. The molecule has 2 aromatic carbocycles. The van der Waals surface area contributed by atoms with E-state index in [1.54, 1.807) is 22.9 Å². The van der Waals surface area contributed by atoms with Gasteiger partial charge in [-0.1, -0.05) is 48.0 Å². The van der Waals surface area contributed by atoms with Crippen molar-refractivity contribution in [3.05, 3.63) is 94.7 Å². The number of nitrogens with one attached hydrogen (secondary N) is 1. The van der Waals surface area contributed by atoms with Gasteiger partial charge >= 0.3 is 5.97 Å². The third-order valence-electron chi connectivity index (χ3n) is 6.13. The minimum Gasteiger partial charge on any atom is -0.478 e. The number of amides is 1. The summed E-state index contributed by atoms with van der Waals surface area (Å²) in [6.45, 7) is 10.4. The molecular formula is C27H29FN4O3. The standard InChI is InChI=1S/C27H29FN4O3/c1-5-21(19-10-12-20(13-11-19)26(34)35)29-24(33)22-23(27(3,4)28)30-32-15-14-31(25(22)32)16-18-8-6-17(2)7-9-18/h5-13,21H,1,14-16H2,2-4H3,(H,29,33)(H,34,35). The van der Waals surface area contributed by atoms with E-state index < -0.39 is 23.6 Å². The molecule has 1 aliphatic heterocycles. The first kappa shape index (κ1) is 24.2. The molecule has 2 heterocycles. The van der Waals surface area contributed by atoms with Crippen molar-refractivity contribution < 1.29 is 19.1 Å². The molecule has 0 spiro atoms. The van der Waals surface area contributed by atoms with Crippen LogP contribution in [-0.4, -0.2) is 33.3 Å². The largest absolute Gasteiger partial charge is 0.478 e. The number of carboxylic acids is 1. The molecule has 0 radical (unpaired) electrons. The minimum atomic E-state index is -1.83. The Labute approximate surface area is 203 Å². The van der Waals surface area contributed by atoms with E-state index in [4.69, 9.17) is 5.11 Å². The van der Waals surface area contributed by atoms with E-state index in [2.05, 4.69) is 17.0 Å². The van der Waals surface area contributed by atoms with Crippen molar-refractivity contribution in [2.24, 2.45) is 0 Å². The Balaban J connectivity index is 1.67. The fourth-order valence-corrected chi connectivity index (χ4v) is 4.27. The first-order valence-electron chi connectivity index (χ1n) is 11.5. The van der Waals surface area contributed by atoms with Gasteiger partial charge in [0.05, 0.1) is 18.2 Å². The maximum absolute atomic E-state index is 15.2. The van der Waals surface area contributed by atoms with Crippen LogP contribution in [0.15, 0.2) is 61.2 Å². The maximum Gasteiger partial charge on any atom is 0.335 e. The maximum atomic E-state index is 15.2. The van der Waals surface area contributed by atoms with Crippen LogP contribution in [0.3, 0.4) is 0 Å². The number of aryl methyl sites for hydroxylation is 1. The molecule has 1 aromatic heterocycles. The van der Waals surface area contributed by atoms with E-state index in [0.717, 1.165) is 11.1 Å². The van der Waals surface area contributed by atoms with Crippen LogP contribution in [0.1, 0.15) is 63.0 Å². The second-order valence-electron chi connectivity index (χ2n) is 9.26. The average Bonchev–Trinajstić information content (AvgIpc) is 3.39. The number of alkyl halides is 1. The fourth-order valence-electron chi connectivity index (χ4n) is 4.27. The lowest BCUT2D eigenvalue weighted by atomic mass is 10.00. The van der Waals surface area contributed by atoms with Gasteiger partial charge in [-0.25, -0.2) is 13.9 Å². The molecule has 8 heteroatoms. The Morgan fingerprint density at radius 2 is 1.83 bits per heavy atom. The van der Waals surface area contributed by atoms with Gasteiger partial charge in [-0.3, -0.25) is 4.79 Å². The number of hydrogen-bond acceptors (Lipinski definition) is 4. The molecule has 0 fully saturated rings. The number of aromatic nitrogens is 2. The predicted molar refractivity (Wildman–Crippen MR) is 132 cm³/mol. The Kier molecular flexibility index (Phi) is 6.47. The Hall–Kier alpha value is -3.94. The predicted octanol–water partition coefficient (Wildman–Crippen LogP) is 4.77. The van der Waals surface area contributed by atoms with Gasteiger partial charge in [0.25, 0.3) is 5.91 Å². The van der Waals surface area contributed by atoms with E-state index in [-0.39, 0.29) is 16.8 Å². The molecule has 0 saturated heterocycles. The molecule has 182 valence electrons. The van der Waals surface area contributed by atoms with Gasteiger partial charge in [0.15, 0.2) is 0 Å². The number of carbonyl (C=O) groups is 2. The normalized spacial score (nSPS) is 13.9. The summed E-state index contributed by atoms with van der Waals surface area (Å²) in [5, 5.41) is 16.5. The zero-order chi connectivity index (χ0) is 25.3. The summed E-state index contributed by atoms with van der Waals surface area (Å²) < 4.78 is 16.9. The molecule has 4 rings (SSSR count). The van der Waals surface area contributed by atoms with Crippen LogP contribution in [0.4, 0.5) is 10.2 Å². The number of halogens is 1. The summed E-state index contributed by atoms with van der Waals surface area (Å²) in [5.74, 6) is -0.905. The SMILES string of the molecule is C=CC(NC(=O)c1c(C(C)(C)F)nn2c1N(Cc1ccc(C)cc1)CC2)c1ccc(C(=O)O)cc1. The number of benzene rings is 2. The molecule has 1 unspecified atom stereocenters. The zero-order valence-corrected chi connectivity index (χ0v) is 20.1. The molecule has 2 N–H and O–H groups in total. The van der Waals surface area contributed by atoms with Crippen LogP contribution >= 0.6 is 0 Å². The number of aromatic carboxylic acids is 1. The number of anilines is 1. The van der Waals surface area contributed by atoms with Crippen molar-refractivity contribution in [1.82, 2.24) is 15.1 Å². The van der Waals surface area contributed by atoms with Crippen LogP contribution in [0, 0.1) is 6.92 Å². The Morgan fingerprint density at radius 1 is 1.17 bits per heavy atom. The highest BCUT2D eigenvalue weighted by atomic mass is 19.1. The molecule has 1 atom stereocenters. The fraction of sp³-hybridized carbons (Fsp3) is 0.296.